The van der Waals surface area contributed by atoms with E-state index in [0.717, 1.165) is 28.2 Å². The summed E-state index contributed by atoms with van der Waals surface area (Å²) in [4.78, 5) is 0. The van der Waals surface area contributed by atoms with Crippen LogP contribution in [0.25, 0.3) is 11.3 Å². The van der Waals surface area contributed by atoms with Crippen molar-refractivity contribution >= 4 is 5.69 Å². The van der Waals surface area contributed by atoms with Crippen LogP contribution in [0.2, 0.25) is 0 Å². The maximum Gasteiger partial charge on any atom is 0.157 e. The van der Waals surface area contributed by atoms with E-state index in [-0.39, 0.29) is 17.7 Å². The Kier molecular flexibility index (Phi) is 2.84. The van der Waals surface area contributed by atoms with E-state index in [1.807, 2.05) is 11.6 Å². The van der Waals surface area contributed by atoms with Crippen LogP contribution in [0, 0.1) is 13.8 Å². The third kappa shape index (κ3) is 2.12. The Hall–Kier alpha value is -2.95. The zero-order chi connectivity index (χ0) is 16.1. The van der Waals surface area contributed by atoms with Gasteiger partial charge in [-0.15, -0.1) is 0 Å². The van der Waals surface area contributed by atoms with Crippen LogP contribution < -0.4 is 5.32 Å². The van der Waals surface area contributed by atoms with Crippen molar-refractivity contribution in [3.8, 4) is 22.8 Å². The molecular weight excluding hydrogens is 290 g/mol. The highest BCUT2D eigenvalue weighted by molar-refractivity contribution is 5.79. The van der Waals surface area contributed by atoms with Gasteiger partial charge >= 0.3 is 0 Å². The third-order valence-corrected chi connectivity index (χ3v) is 4.16. The number of fused-ring (bicyclic) bond motifs is 3. The summed E-state index contributed by atoms with van der Waals surface area (Å²) >= 11 is 0. The molecule has 0 unspecified atom stereocenters. The van der Waals surface area contributed by atoms with E-state index in [1.54, 1.807) is 12.1 Å². The Morgan fingerprint density at radius 2 is 1.83 bits per heavy atom. The van der Waals surface area contributed by atoms with Crippen LogP contribution >= 0.6 is 0 Å². The molecule has 0 aliphatic carbocycles. The van der Waals surface area contributed by atoms with Crippen molar-refractivity contribution in [3.63, 3.8) is 0 Å². The fourth-order valence-electron chi connectivity index (χ4n) is 3.05. The molecule has 23 heavy (non-hydrogen) atoms. The molecule has 3 N–H and O–H groups in total. The lowest BCUT2D eigenvalue weighted by Crippen LogP contribution is -2.25. The van der Waals surface area contributed by atoms with E-state index in [0.29, 0.717) is 0 Å². The molecule has 1 aliphatic rings. The predicted octanol–water partition coefficient (Wildman–Crippen LogP) is 3.55. The van der Waals surface area contributed by atoms with Crippen LogP contribution in [0.1, 0.15) is 23.0 Å². The zero-order valence-electron chi connectivity index (χ0n) is 12.9. The second-order valence-corrected chi connectivity index (χ2v) is 5.96. The number of aromatic hydroxyl groups is 2. The molecule has 1 aromatic heterocycles. The van der Waals surface area contributed by atoms with Gasteiger partial charge in [0.05, 0.1) is 11.4 Å². The smallest absolute Gasteiger partial charge is 0.157 e. The van der Waals surface area contributed by atoms with Crippen LogP contribution in [-0.2, 0) is 0 Å². The number of anilines is 1. The Labute approximate surface area is 133 Å². The lowest BCUT2D eigenvalue weighted by Gasteiger charge is -2.29. The van der Waals surface area contributed by atoms with E-state index in [2.05, 4.69) is 41.6 Å². The molecule has 5 nitrogen and oxygen atoms in total. The summed E-state index contributed by atoms with van der Waals surface area (Å²) in [7, 11) is 0. The van der Waals surface area contributed by atoms with Crippen LogP contribution in [0.5, 0.6) is 11.5 Å². The molecular formula is C18H17N3O2. The molecule has 2 heterocycles. The number of nitrogens with one attached hydrogen (secondary N) is 1. The molecule has 0 spiro atoms. The van der Waals surface area contributed by atoms with E-state index < -0.39 is 0 Å². The third-order valence-electron chi connectivity index (χ3n) is 4.16. The summed E-state index contributed by atoms with van der Waals surface area (Å²) in [5.41, 5.74) is 6.14. The summed E-state index contributed by atoms with van der Waals surface area (Å²) in [6.45, 7) is 4.03. The number of phenolic OH excluding ortho intramolecular Hbond substituents is 2. The number of hydrogen-bond donors (Lipinski definition) is 3. The highest BCUT2D eigenvalue weighted by Gasteiger charge is 2.26. The van der Waals surface area contributed by atoms with Gasteiger partial charge in [-0.1, -0.05) is 17.7 Å². The Balaban J connectivity index is 1.90. The fourth-order valence-corrected chi connectivity index (χ4v) is 3.05. The van der Waals surface area contributed by atoms with Gasteiger partial charge in [0, 0.05) is 16.8 Å². The van der Waals surface area contributed by atoms with Crippen molar-refractivity contribution in [1.29, 1.82) is 0 Å². The summed E-state index contributed by atoms with van der Waals surface area (Å²) in [6.07, 6.45) is -0.236. The van der Waals surface area contributed by atoms with Crippen molar-refractivity contribution < 1.29 is 10.2 Å². The normalized spacial score (nSPS) is 15.7. The molecule has 116 valence electrons. The lowest BCUT2D eigenvalue weighted by atomic mass is 10.0. The molecule has 1 aliphatic heterocycles. The molecule has 5 heteroatoms. The topological polar surface area (TPSA) is 70.3 Å². The second kappa shape index (κ2) is 4.78. The second-order valence-electron chi connectivity index (χ2n) is 5.96. The van der Waals surface area contributed by atoms with Gasteiger partial charge in [0.25, 0.3) is 0 Å². The number of nitrogens with zero attached hydrogens (tertiary/aromatic N) is 2. The van der Waals surface area contributed by atoms with Crippen LogP contribution in [0.15, 0.2) is 42.5 Å². The Bertz CT molecular complexity index is 915. The highest BCUT2D eigenvalue weighted by atomic mass is 16.3. The number of phenols is 2. The van der Waals surface area contributed by atoms with Crippen molar-refractivity contribution in [3.05, 3.63) is 59.3 Å². The minimum Gasteiger partial charge on any atom is -0.504 e. The van der Waals surface area contributed by atoms with Gasteiger partial charge in [-0.25, -0.2) is 4.68 Å². The number of aryl methyl sites for hydroxylation is 2. The first-order chi connectivity index (χ1) is 11.0. The van der Waals surface area contributed by atoms with E-state index in [1.165, 1.54) is 11.6 Å². The van der Waals surface area contributed by atoms with Crippen LogP contribution in [0.4, 0.5) is 5.69 Å². The summed E-state index contributed by atoms with van der Waals surface area (Å²) in [5.74, 6) is -0.262. The highest BCUT2D eigenvalue weighted by Crippen LogP contribution is 2.40. The summed E-state index contributed by atoms with van der Waals surface area (Å²) in [6, 6.07) is 13.2. The standard InChI is InChI=1S/C18H17N3O2/c1-10-3-5-14-13(7-10)15-8-11(2)20-21(15)18(19-14)12-4-6-16(22)17(23)9-12/h3-9,18-19,22-23H,1-2H3/t18-/m0/s1. The van der Waals surface area contributed by atoms with E-state index in [4.69, 9.17) is 0 Å². The van der Waals surface area contributed by atoms with Crippen LogP contribution in [-0.4, -0.2) is 20.0 Å². The first kappa shape index (κ1) is 13.7. The Morgan fingerprint density at radius 3 is 2.61 bits per heavy atom. The lowest BCUT2D eigenvalue weighted by molar-refractivity contribution is 0.402. The van der Waals surface area contributed by atoms with Gasteiger partial charge in [0.15, 0.2) is 11.5 Å². The SMILES string of the molecule is Cc1ccc2c(c1)-c1cc(C)nn1[C@@H](c1ccc(O)c(O)c1)N2. The minimum atomic E-state index is -0.236. The van der Waals surface area contributed by atoms with Gasteiger partial charge in [0.1, 0.15) is 6.17 Å². The quantitative estimate of drug-likeness (QED) is 0.601. The molecule has 0 amide bonds. The van der Waals surface area contributed by atoms with Gasteiger partial charge in [-0.05, 0) is 44.2 Å². The fraction of sp³-hybridized carbons (Fsp3) is 0.167. The number of benzene rings is 2. The van der Waals surface area contributed by atoms with Gasteiger partial charge in [-0.2, -0.15) is 5.10 Å². The molecule has 1 atom stereocenters. The van der Waals surface area contributed by atoms with Gasteiger partial charge in [-0.3, -0.25) is 0 Å². The predicted molar refractivity (Wildman–Crippen MR) is 88.7 cm³/mol. The minimum absolute atomic E-state index is 0.127. The molecule has 3 aromatic rings. The monoisotopic (exact) mass is 307 g/mol. The van der Waals surface area contributed by atoms with Crippen molar-refractivity contribution in [2.24, 2.45) is 0 Å². The molecule has 2 aromatic carbocycles. The first-order valence-corrected chi connectivity index (χ1v) is 7.48. The van der Waals surface area contributed by atoms with Crippen LogP contribution in [0.3, 0.4) is 0 Å². The van der Waals surface area contributed by atoms with E-state index in [9.17, 15) is 10.2 Å². The van der Waals surface area contributed by atoms with E-state index >= 15 is 0 Å². The van der Waals surface area contributed by atoms with Gasteiger partial charge < -0.3 is 15.5 Å². The zero-order valence-corrected chi connectivity index (χ0v) is 12.9. The molecule has 4 rings (SSSR count). The molecule has 0 saturated carbocycles. The maximum atomic E-state index is 9.81. The summed E-state index contributed by atoms with van der Waals surface area (Å²) < 4.78 is 1.92. The average Bonchev–Trinajstić information content (AvgIpc) is 2.91. The van der Waals surface area contributed by atoms with Gasteiger partial charge in [0.2, 0.25) is 0 Å². The Morgan fingerprint density at radius 1 is 1.00 bits per heavy atom. The molecule has 0 fully saturated rings. The first-order valence-electron chi connectivity index (χ1n) is 7.48. The average molecular weight is 307 g/mol. The molecule has 0 bridgehead atoms. The largest absolute Gasteiger partial charge is 0.504 e. The summed E-state index contributed by atoms with van der Waals surface area (Å²) in [5, 5.41) is 27.4. The molecule has 0 radical (unpaired) electrons. The number of hydrogen-bond acceptors (Lipinski definition) is 4. The van der Waals surface area contributed by atoms with Crippen molar-refractivity contribution in [2.45, 2.75) is 20.0 Å². The molecule has 0 saturated heterocycles. The van der Waals surface area contributed by atoms with Crippen molar-refractivity contribution in [2.75, 3.05) is 5.32 Å². The number of rotatable bonds is 1. The number of aromatic nitrogens is 2. The maximum absolute atomic E-state index is 9.81. The van der Waals surface area contributed by atoms with Crippen molar-refractivity contribution in [1.82, 2.24) is 9.78 Å².